The van der Waals surface area contributed by atoms with Gasteiger partial charge in [-0.1, -0.05) is 48.8 Å². The highest BCUT2D eigenvalue weighted by Crippen LogP contribution is 2.31. The summed E-state index contributed by atoms with van der Waals surface area (Å²) in [6.45, 7) is 6.12. The van der Waals surface area contributed by atoms with Gasteiger partial charge < -0.3 is 0 Å². The van der Waals surface area contributed by atoms with Crippen molar-refractivity contribution in [2.45, 2.75) is 27.2 Å². The number of rotatable bonds is 3. The molecule has 0 fully saturated rings. The molecule has 0 bridgehead atoms. The van der Waals surface area contributed by atoms with E-state index in [9.17, 15) is 4.79 Å². The fraction of sp³-hybridized carbons (Fsp3) is 0.462. The van der Waals surface area contributed by atoms with Gasteiger partial charge in [-0.05, 0) is 41.1 Å². The monoisotopic (exact) mass is 302 g/mol. The van der Waals surface area contributed by atoms with E-state index in [1.165, 1.54) is 0 Å². The van der Waals surface area contributed by atoms with Gasteiger partial charge in [-0.25, -0.2) is 0 Å². The van der Waals surface area contributed by atoms with Crippen LogP contribution in [0.2, 0.25) is 0 Å². The first-order valence-electron chi connectivity index (χ1n) is 5.24. The van der Waals surface area contributed by atoms with E-state index < -0.39 is 0 Å². The highest BCUT2D eigenvalue weighted by molar-refractivity contribution is 9.10. The molecular formula is C13H16BrClO. The van der Waals surface area contributed by atoms with Gasteiger partial charge in [0, 0.05) is 10.4 Å². The van der Waals surface area contributed by atoms with Crippen molar-refractivity contribution >= 4 is 32.8 Å². The second kappa shape index (κ2) is 5.33. The number of benzene rings is 1. The quantitative estimate of drug-likeness (QED) is 0.756. The zero-order chi connectivity index (χ0) is 12.3. The Hall–Kier alpha value is -0.340. The second-order valence-corrected chi connectivity index (χ2v) is 6.34. The Morgan fingerprint density at radius 1 is 1.31 bits per heavy atom. The van der Waals surface area contributed by atoms with Crippen LogP contribution in [0.4, 0.5) is 0 Å². The Bertz CT molecular complexity index is 365. The molecule has 0 aliphatic carbocycles. The molecule has 0 amide bonds. The fourth-order valence-corrected chi connectivity index (χ4v) is 2.25. The first-order valence-corrected chi connectivity index (χ1v) is 6.41. The standard InChI is InChI=1S/C13H16BrClO/c1-13(2,3)11(12(15)16)8-9-4-6-10(14)7-5-9/h4-7,11H,8H2,1-3H3. The lowest BCUT2D eigenvalue weighted by Crippen LogP contribution is -2.27. The van der Waals surface area contributed by atoms with E-state index in [0.29, 0.717) is 6.42 Å². The van der Waals surface area contributed by atoms with Crippen molar-refractivity contribution in [3.05, 3.63) is 34.3 Å². The fourth-order valence-electron chi connectivity index (χ4n) is 1.58. The highest BCUT2D eigenvalue weighted by atomic mass is 79.9. The Morgan fingerprint density at radius 2 is 1.81 bits per heavy atom. The van der Waals surface area contributed by atoms with Crippen LogP contribution in [0.5, 0.6) is 0 Å². The van der Waals surface area contributed by atoms with Gasteiger partial charge >= 0.3 is 0 Å². The van der Waals surface area contributed by atoms with Gasteiger partial charge in [0.1, 0.15) is 0 Å². The molecule has 0 saturated carbocycles. The predicted octanol–water partition coefficient (Wildman–Crippen LogP) is 4.42. The zero-order valence-electron chi connectivity index (χ0n) is 9.76. The number of carbonyl (C=O) groups excluding carboxylic acids is 1. The maximum Gasteiger partial charge on any atom is 0.225 e. The van der Waals surface area contributed by atoms with Crippen molar-refractivity contribution in [1.82, 2.24) is 0 Å². The Morgan fingerprint density at radius 3 is 2.19 bits per heavy atom. The Kier molecular flexibility index (Phi) is 4.57. The molecule has 0 saturated heterocycles. The van der Waals surface area contributed by atoms with Crippen LogP contribution in [0.15, 0.2) is 28.7 Å². The average molecular weight is 304 g/mol. The van der Waals surface area contributed by atoms with Gasteiger partial charge in [0.2, 0.25) is 5.24 Å². The molecule has 0 aromatic heterocycles. The van der Waals surface area contributed by atoms with Crippen LogP contribution in [-0.4, -0.2) is 5.24 Å². The third kappa shape index (κ3) is 3.91. The third-order valence-electron chi connectivity index (χ3n) is 2.67. The Labute approximate surface area is 110 Å². The summed E-state index contributed by atoms with van der Waals surface area (Å²) >= 11 is 9.05. The summed E-state index contributed by atoms with van der Waals surface area (Å²) in [6, 6.07) is 7.99. The second-order valence-electron chi connectivity index (χ2n) is 5.05. The maximum absolute atomic E-state index is 11.4. The minimum Gasteiger partial charge on any atom is -0.281 e. The molecule has 16 heavy (non-hydrogen) atoms. The van der Waals surface area contributed by atoms with E-state index in [0.717, 1.165) is 10.0 Å². The lowest BCUT2D eigenvalue weighted by Gasteiger charge is -2.27. The summed E-state index contributed by atoms with van der Waals surface area (Å²) in [6.07, 6.45) is 0.694. The summed E-state index contributed by atoms with van der Waals surface area (Å²) in [5.74, 6) is -0.143. The molecule has 1 rings (SSSR count). The predicted molar refractivity (Wildman–Crippen MR) is 71.7 cm³/mol. The average Bonchev–Trinajstić information content (AvgIpc) is 2.14. The van der Waals surface area contributed by atoms with E-state index in [2.05, 4.69) is 15.9 Å². The van der Waals surface area contributed by atoms with Gasteiger partial charge in [0.15, 0.2) is 0 Å². The largest absolute Gasteiger partial charge is 0.281 e. The number of hydrogen-bond acceptors (Lipinski definition) is 1. The van der Waals surface area contributed by atoms with Gasteiger partial charge in [0.05, 0.1) is 0 Å². The van der Waals surface area contributed by atoms with Crippen LogP contribution in [-0.2, 0) is 11.2 Å². The van der Waals surface area contributed by atoms with Crippen molar-refractivity contribution in [1.29, 1.82) is 0 Å². The lowest BCUT2D eigenvalue weighted by molar-refractivity contribution is -0.118. The summed E-state index contributed by atoms with van der Waals surface area (Å²) in [7, 11) is 0. The molecule has 1 aromatic carbocycles. The lowest BCUT2D eigenvalue weighted by atomic mass is 9.78. The van der Waals surface area contributed by atoms with Gasteiger partial charge in [-0.3, -0.25) is 4.79 Å². The van der Waals surface area contributed by atoms with Gasteiger partial charge in [-0.15, -0.1) is 0 Å². The highest BCUT2D eigenvalue weighted by Gasteiger charge is 2.30. The summed E-state index contributed by atoms with van der Waals surface area (Å²) in [5.41, 5.74) is 1.03. The van der Waals surface area contributed by atoms with Crippen LogP contribution in [0.1, 0.15) is 26.3 Å². The van der Waals surface area contributed by atoms with Crippen molar-refractivity contribution in [2.75, 3.05) is 0 Å². The van der Waals surface area contributed by atoms with Gasteiger partial charge in [-0.2, -0.15) is 0 Å². The third-order valence-corrected chi connectivity index (χ3v) is 3.46. The first kappa shape index (κ1) is 13.7. The Balaban J connectivity index is 2.84. The summed E-state index contributed by atoms with van der Waals surface area (Å²) in [5, 5.41) is -0.254. The molecule has 0 aliphatic heterocycles. The number of carbonyl (C=O) groups is 1. The number of hydrogen-bond donors (Lipinski definition) is 0. The molecule has 0 aliphatic rings. The zero-order valence-corrected chi connectivity index (χ0v) is 12.1. The summed E-state index contributed by atoms with van der Waals surface area (Å²) in [4.78, 5) is 11.4. The molecular weight excluding hydrogens is 287 g/mol. The van der Waals surface area contributed by atoms with Crippen LogP contribution >= 0.6 is 27.5 Å². The minimum atomic E-state index is -0.254. The van der Waals surface area contributed by atoms with E-state index in [4.69, 9.17) is 11.6 Å². The van der Waals surface area contributed by atoms with Crippen LogP contribution < -0.4 is 0 Å². The molecule has 0 radical (unpaired) electrons. The van der Waals surface area contributed by atoms with E-state index in [1.807, 2.05) is 45.0 Å². The maximum atomic E-state index is 11.4. The van der Waals surface area contributed by atoms with E-state index >= 15 is 0 Å². The molecule has 0 heterocycles. The molecule has 1 unspecified atom stereocenters. The van der Waals surface area contributed by atoms with Gasteiger partial charge in [0.25, 0.3) is 0 Å². The van der Waals surface area contributed by atoms with Crippen LogP contribution in [0.25, 0.3) is 0 Å². The van der Waals surface area contributed by atoms with Crippen molar-refractivity contribution in [2.24, 2.45) is 11.3 Å². The van der Waals surface area contributed by atoms with Crippen molar-refractivity contribution in [3.63, 3.8) is 0 Å². The first-order chi connectivity index (χ1) is 7.30. The molecule has 3 heteroatoms. The molecule has 1 atom stereocenters. The van der Waals surface area contributed by atoms with Crippen molar-refractivity contribution in [3.8, 4) is 0 Å². The molecule has 1 aromatic rings. The van der Waals surface area contributed by atoms with E-state index in [1.54, 1.807) is 0 Å². The molecule has 1 nitrogen and oxygen atoms in total. The molecule has 88 valence electrons. The summed E-state index contributed by atoms with van der Waals surface area (Å²) < 4.78 is 1.04. The van der Waals surface area contributed by atoms with Crippen LogP contribution in [0.3, 0.4) is 0 Å². The SMILES string of the molecule is CC(C)(C)C(Cc1ccc(Br)cc1)C(=O)Cl. The topological polar surface area (TPSA) is 17.1 Å². The van der Waals surface area contributed by atoms with E-state index in [-0.39, 0.29) is 16.6 Å². The molecule has 0 N–H and O–H groups in total. The van der Waals surface area contributed by atoms with Crippen LogP contribution in [0, 0.1) is 11.3 Å². The molecule has 0 spiro atoms. The van der Waals surface area contributed by atoms with Crippen molar-refractivity contribution < 1.29 is 4.79 Å². The minimum absolute atomic E-state index is 0.105. The smallest absolute Gasteiger partial charge is 0.225 e. The normalized spacial score (nSPS) is 13.6. The number of halogens is 2.